The Balaban J connectivity index is 1.47. The number of benzene rings is 2. The Morgan fingerprint density at radius 3 is 2.73 bits per heavy atom. The predicted molar refractivity (Wildman–Crippen MR) is 104 cm³/mol. The summed E-state index contributed by atoms with van der Waals surface area (Å²) in [5.41, 5.74) is 3.30. The molecule has 1 saturated heterocycles. The maximum atomic E-state index is 13.1. The zero-order valence-corrected chi connectivity index (χ0v) is 15.7. The number of nitrogens with zero attached hydrogens (tertiary/aromatic N) is 2. The van der Waals surface area contributed by atoms with Crippen molar-refractivity contribution in [1.82, 2.24) is 4.90 Å². The van der Waals surface area contributed by atoms with Gasteiger partial charge in [-0.1, -0.05) is 42.0 Å². The molecular weight excluding hydrogens is 344 g/mol. The summed E-state index contributed by atoms with van der Waals surface area (Å²) < 4.78 is 0. The summed E-state index contributed by atoms with van der Waals surface area (Å²) in [5.74, 6) is 0.807. The molecule has 0 radical (unpaired) electrons. The summed E-state index contributed by atoms with van der Waals surface area (Å²) in [7, 11) is 0. The number of fused-ring (bicyclic) bond motifs is 1. The quantitative estimate of drug-likeness (QED) is 0.835. The number of anilines is 1. The van der Waals surface area contributed by atoms with Crippen LogP contribution in [-0.2, 0) is 16.1 Å². The molecule has 2 heterocycles. The molecule has 1 fully saturated rings. The van der Waals surface area contributed by atoms with Crippen molar-refractivity contribution in [2.75, 3.05) is 23.7 Å². The first kappa shape index (κ1) is 17.2. The largest absolute Gasteiger partial charge is 0.338 e. The molecule has 134 valence electrons. The van der Waals surface area contributed by atoms with Gasteiger partial charge in [-0.3, -0.25) is 9.59 Å². The summed E-state index contributed by atoms with van der Waals surface area (Å²) in [6.45, 7) is 3.85. The van der Waals surface area contributed by atoms with Gasteiger partial charge < -0.3 is 9.80 Å². The monoisotopic (exact) mass is 366 g/mol. The van der Waals surface area contributed by atoms with E-state index < -0.39 is 0 Å². The highest BCUT2D eigenvalue weighted by Crippen LogP contribution is 2.36. The van der Waals surface area contributed by atoms with Crippen LogP contribution < -0.4 is 4.90 Å². The fourth-order valence-corrected chi connectivity index (χ4v) is 4.62. The second-order valence-electron chi connectivity index (χ2n) is 6.97. The SMILES string of the molecule is Cc1ccc(CN2CC(C(=O)N3CCSc4ccccc43)CC2=O)cc1. The van der Waals surface area contributed by atoms with Crippen LogP contribution in [0.3, 0.4) is 0 Å². The Morgan fingerprint density at radius 2 is 1.92 bits per heavy atom. The minimum Gasteiger partial charge on any atom is -0.338 e. The van der Waals surface area contributed by atoms with E-state index in [1.165, 1.54) is 5.56 Å². The molecule has 2 aliphatic heterocycles. The molecule has 0 aliphatic carbocycles. The number of rotatable bonds is 3. The van der Waals surface area contributed by atoms with Crippen molar-refractivity contribution in [3.63, 3.8) is 0 Å². The van der Waals surface area contributed by atoms with Crippen LogP contribution in [0, 0.1) is 12.8 Å². The van der Waals surface area contributed by atoms with Gasteiger partial charge in [-0.05, 0) is 24.6 Å². The number of aryl methyl sites for hydroxylation is 1. The lowest BCUT2D eigenvalue weighted by Crippen LogP contribution is -2.40. The number of hydrogen-bond donors (Lipinski definition) is 0. The third kappa shape index (κ3) is 3.36. The lowest BCUT2D eigenvalue weighted by Gasteiger charge is -2.30. The highest BCUT2D eigenvalue weighted by Gasteiger charge is 2.37. The molecule has 0 spiro atoms. The number of hydrogen-bond acceptors (Lipinski definition) is 3. The second-order valence-corrected chi connectivity index (χ2v) is 8.10. The Bertz CT molecular complexity index is 834. The van der Waals surface area contributed by atoms with Crippen LogP contribution in [-0.4, -0.2) is 35.6 Å². The normalized spacial score (nSPS) is 19.6. The molecule has 0 bridgehead atoms. The van der Waals surface area contributed by atoms with E-state index in [1.54, 1.807) is 11.8 Å². The van der Waals surface area contributed by atoms with Crippen LogP contribution in [0.15, 0.2) is 53.4 Å². The van der Waals surface area contributed by atoms with E-state index in [0.717, 1.165) is 21.9 Å². The highest BCUT2D eigenvalue weighted by atomic mass is 32.2. The van der Waals surface area contributed by atoms with Crippen molar-refractivity contribution in [3.8, 4) is 0 Å². The summed E-state index contributed by atoms with van der Waals surface area (Å²) in [4.78, 5) is 30.4. The van der Waals surface area contributed by atoms with E-state index in [0.29, 0.717) is 26.1 Å². The average molecular weight is 366 g/mol. The third-order valence-corrected chi connectivity index (χ3v) is 6.10. The zero-order valence-electron chi connectivity index (χ0n) is 14.9. The van der Waals surface area contributed by atoms with E-state index in [2.05, 4.69) is 30.3 Å². The fraction of sp³-hybridized carbons (Fsp3) is 0.333. The number of carbonyl (C=O) groups excluding carboxylic acids is 2. The molecule has 2 aliphatic rings. The molecule has 26 heavy (non-hydrogen) atoms. The first-order valence-corrected chi connectivity index (χ1v) is 9.97. The van der Waals surface area contributed by atoms with Gasteiger partial charge in [-0.25, -0.2) is 0 Å². The van der Waals surface area contributed by atoms with Crippen molar-refractivity contribution >= 4 is 29.3 Å². The van der Waals surface area contributed by atoms with Gasteiger partial charge >= 0.3 is 0 Å². The maximum absolute atomic E-state index is 13.1. The molecule has 1 atom stereocenters. The minimum absolute atomic E-state index is 0.0728. The zero-order chi connectivity index (χ0) is 18.1. The number of amides is 2. The Labute approximate surface area is 158 Å². The van der Waals surface area contributed by atoms with Gasteiger partial charge in [0.2, 0.25) is 11.8 Å². The molecule has 0 N–H and O–H groups in total. The average Bonchev–Trinajstić information content (AvgIpc) is 3.03. The maximum Gasteiger partial charge on any atom is 0.232 e. The molecule has 4 nitrogen and oxygen atoms in total. The lowest BCUT2D eigenvalue weighted by atomic mass is 10.1. The second kappa shape index (κ2) is 7.16. The van der Waals surface area contributed by atoms with Gasteiger partial charge in [0.25, 0.3) is 0 Å². The van der Waals surface area contributed by atoms with Crippen LogP contribution in [0.2, 0.25) is 0 Å². The standard InChI is InChI=1S/C21H22N2O2S/c1-15-6-8-16(9-7-15)13-22-14-17(12-20(22)24)21(25)23-10-11-26-19-5-3-2-4-18(19)23/h2-9,17H,10-14H2,1H3. The predicted octanol–water partition coefficient (Wildman–Crippen LogP) is 3.48. The van der Waals surface area contributed by atoms with Gasteiger partial charge in [0.1, 0.15) is 0 Å². The van der Waals surface area contributed by atoms with Crippen molar-refractivity contribution in [3.05, 3.63) is 59.7 Å². The lowest BCUT2D eigenvalue weighted by molar-refractivity contribution is -0.128. The first-order chi connectivity index (χ1) is 12.6. The van der Waals surface area contributed by atoms with Gasteiger partial charge in [0.05, 0.1) is 11.6 Å². The molecule has 2 aromatic carbocycles. The molecule has 0 saturated carbocycles. The summed E-state index contributed by atoms with van der Waals surface area (Å²) in [6, 6.07) is 16.2. The van der Waals surface area contributed by atoms with Crippen LogP contribution in [0.4, 0.5) is 5.69 Å². The number of likely N-dealkylation sites (tertiary alicyclic amines) is 1. The molecule has 2 aromatic rings. The van der Waals surface area contributed by atoms with Gasteiger partial charge in [-0.2, -0.15) is 0 Å². The van der Waals surface area contributed by atoms with E-state index >= 15 is 0 Å². The number of thioether (sulfide) groups is 1. The summed E-state index contributed by atoms with van der Waals surface area (Å²) >= 11 is 1.79. The first-order valence-electron chi connectivity index (χ1n) is 8.98. The fourth-order valence-electron chi connectivity index (χ4n) is 3.62. The van der Waals surface area contributed by atoms with E-state index in [9.17, 15) is 9.59 Å². The highest BCUT2D eigenvalue weighted by molar-refractivity contribution is 7.99. The van der Waals surface area contributed by atoms with Crippen molar-refractivity contribution in [1.29, 1.82) is 0 Å². The molecule has 4 rings (SSSR count). The van der Waals surface area contributed by atoms with Crippen molar-refractivity contribution < 1.29 is 9.59 Å². The molecule has 1 unspecified atom stereocenters. The Kier molecular flexibility index (Phi) is 4.72. The van der Waals surface area contributed by atoms with E-state index in [4.69, 9.17) is 0 Å². The van der Waals surface area contributed by atoms with Gasteiger partial charge in [0, 0.05) is 36.7 Å². The van der Waals surface area contributed by atoms with Crippen molar-refractivity contribution in [2.45, 2.75) is 24.8 Å². The van der Waals surface area contributed by atoms with Crippen LogP contribution in [0.5, 0.6) is 0 Å². The summed E-state index contributed by atoms with van der Waals surface area (Å²) in [6.07, 6.45) is 0.316. The van der Waals surface area contributed by atoms with Crippen LogP contribution in [0.25, 0.3) is 0 Å². The van der Waals surface area contributed by atoms with E-state index in [1.807, 2.05) is 34.9 Å². The Hall–Kier alpha value is -2.27. The number of para-hydroxylation sites is 1. The third-order valence-electron chi connectivity index (χ3n) is 5.05. The summed E-state index contributed by atoms with van der Waals surface area (Å²) in [5, 5.41) is 0. The van der Waals surface area contributed by atoms with E-state index in [-0.39, 0.29) is 17.7 Å². The molecule has 5 heteroatoms. The molecular formula is C21H22N2O2S. The topological polar surface area (TPSA) is 40.6 Å². The molecule has 2 amide bonds. The minimum atomic E-state index is -0.246. The van der Waals surface area contributed by atoms with Gasteiger partial charge in [0.15, 0.2) is 0 Å². The van der Waals surface area contributed by atoms with Crippen LogP contribution >= 0.6 is 11.8 Å². The van der Waals surface area contributed by atoms with Gasteiger partial charge in [-0.15, -0.1) is 11.8 Å². The van der Waals surface area contributed by atoms with Crippen LogP contribution in [0.1, 0.15) is 17.5 Å². The van der Waals surface area contributed by atoms with Crippen molar-refractivity contribution in [2.24, 2.45) is 5.92 Å². The molecule has 0 aromatic heterocycles. The smallest absolute Gasteiger partial charge is 0.232 e. The number of carbonyl (C=O) groups is 2. The Morgan fingerprint density at radius 1 is 1.15 bits per heavy atom.